The largest absolute Gasteiger partial charge is 0.478 e. The van der Waals surface area contributed by atoms with Gasteiger partial charge in [-0.25, -0.2) is 17.6 Å². The number of aromatic nitrogens is 1. The molecule has 21 heavy (non-hydrogen) atoms. The number of rotatable bonds is 1. The van der Waals surface area contributed by atoms with E-state index in [1.54, 1.807) is 0 Å². The van der Waals surface area contributed by atoms with Crippen LogP contribution < -0.4 is 0 Å². The summed E-state index contributed by atoms with van der Waals surface area (Å²) in [5, 5.41) is 9.67. The molecule has 0 bridgehead atoms. The first-order valence-electron chi connectivity index (χ1n) is 6.03. The maximum atomic E-state index is 13.6. The first-order valence-corrected chi connectivity index (χ1v) is 8.64. The van der Waals surface area contributed by atoms with Gasteiger partial charge in [0, 0.05) is 29.1 Å². The summed E-state index contributed by atoms with van der Waals surface area (Å²) in [4.78, 5) is 15.8. The van der Waals surface area contributed by atoms with Crippen LogP contribution in [-0.2, 0) is 22.0 Å². The molecule has 8 heteroatoms. The molecular formula is C13H9BrFNO4S. The van der Waals surface area contributed by atoms with Crippen molar-refractivity contribution in [1.82, 2.24) is 4.98 Å². The van der Waals surface area contributed by atoms with Gasteiger partial charge in [-0.3, -0.25) is 4.98 Å². The second kappa shape index (κ2) is 4.74. The normalized spacial score (nSPS) is 16.7. The molecule has 3 rings (SSSR count). The molecular weight excluding hydrogens is 365 g/mol. The van der Waals surface area contributed by atoms with Crippen molar-refractivity contribution in [1.29, 1.82) is 0 Å². The fourth-order valence-corrected chi connectivity index (χ4v) is 4.24. The molecule has 2 heterocycles. The van der Waals surface area contributed by atoms with Crippen LogP contribution in [0.1, 0.15) is 21.6 Å². The van der Waals surface area contributed by atoms with Crippen molar-refractivity contribution in [2.24, 2.45) is 0 Å². The Morgan fingerprint density at radius 2 is 2.10 bits per heavy atom. The Kier molecular flexibility index (Phi) is 3.25. The number of halogens is 2. The molecule has 0 saturated carbocycles. The number of hydrogen-bond donors (Lipinski definition) is 1. The third-order valence-electron chi connectivity index (χ3n) is 3.44. The molecule has 0 fully saturated rings. The van der Waals surface area contributed by atoms with Crippen molar-refractivity contribution in [2.75, 3.05) is 5.75 Å². The molecule has 0 amide bonds. The van der Waals surface area contributed by atoms with Gasteiger partial charge in [-0.2, -0.15) is 0 Å². The van der Waals surface area contributed by atoms with E-state index in [0.717, 1.165) is 6.07 Å². The van der Waals surface area contributed by atoms with Gasteiger partial charge in [0.25, 0.3) is 0 Å². The van der Waals surface area contributed by atoms with Crippen LogP contribution in [0, 0.1) is 5.82 Å². The molecule has 0 saturated heterocycles. The van der Waals surface area contributed by atoms with Crippen LogP contribution in [0.4, 0.5) is 4.39 Å². The fourth-order valence-electron chi connectivity index (χ4n) is 2.50. The van der Waals surface area contributed by atoms with E-state index in [-0.39, 0.29) is 44.4 Å². The smallest absolute Gasteiger partial charge is 0.336 e. The maximum Gasteiger partial charge on any atom is 0.336 e. The van der Waals surface area contributed by atoms with Gasteiger partial charge in [0.15, 0.2) is 9.84 Å². The highest BCUT2D eigenvalue weighted by Crippen LogP contribution is 2.31. The maximum absolute atomic E-state index is 13.6. The molecule has 1 aliphatic rings. The van der Waals surface area contributed by atoms with Crippen molar-refractivity contribution < 1.29 is 22.7 Å². The molecule has 1 N–H and O–H groups in total. The molecule has 2 aromatic rings. The molecule has 1 aromatic heterocycles. The predicted octanol–water partition coefficient (Wildman–Crippen LogP) is 2.31. The zero-order valence-electron chi connectivity index (χ0n) is 10.6. The van der Waals surface area contributed by atoms with E-state index < -0.39 is 21.6 Å². The van der Waals surface area contributed by atoms with Gasteiger partial charge < -0.3 is 5.11 Å². The fraction of sp³-hybridized carbons (Fsp3) is 0.231. The predicted molar refractivity (Wildman–Crippen MR) is 77.6 cm³/mol. The molecule has 1 aliphatic heterocycles. The van der Waals surface area contributed by atoms with Crippen molar-refractivity contribution in [3.63, 3.8) is 0 Å². The quantitative estimate of drug-likeness (QED) is 0.828. The summed E-state index contributed by atoms with van der Waals surface area (Å²) in [6, 6.07) is 2.47. The number of nitrogens with zero attached hydrogens (tertiary/aromatic N) is 1. The van der Waals surface area contributed by atoms with Gasteiger partial charge >= 0.3 is 5.97 Å². The second-order valence-corrected chi connectivity index (χ2v) is 7.88. The number of carbonyl (C=O) groups is 1. The Balaban J connectivity index is 2.43. The van der Waals surface area contributed by atoms with Crippen molar-refractivity contribution >= 4 is 42.6 Å². The van der Waals surface area contributed by atoms with Crippen molar-refractivity contribution in [2.45, 2.75) is 12.2 Å². The van der Waals surface area contributed by atoms with Crippen LogP contribution in [0.15, 0.2) is 16.6 Å². The van der Waals surface area contributed by atoms with E-state index in [9.17, 15) is 22.7 Å². The Morgan fingerprint density at radius 3 is 2.76 bits per heavy atom. The zero-order chi connectivity index (χ0) is 15.4. The van der Waals surface area contributed by atoms with Gasteiger partial charge in [-0.05, 0) is 22.0 Å². The highest BCUT2D eigenvalue weighted by molar-refractivity contribution is 9.10. The number of hydrogen-bond acceptors (Lipinski definition) is 4. The third kappa shape index (κ3) is 2.42. The van der Waals surface area contributed by atoms with Crippen LogP contribution in [0.25, 0.3) is 10.9 Å². The van der Waals surface area contributed by atoms with Crippen LogP contribution in [0.3, 0.4) is 0 Å². The zero-order valence-corrected chi connectivity index (χ0v) is 13.0. The molecule has 1 aromatic carbocycles. The number of carboxylic acid groups (broad SMARTS) is 1. The van der Waals surface area contributed by atoms with Crippen LogP contribution >= 0.6 is 15.9 Å². The summed E-state index contributed by atoms with van der Waals surface area (Å²) in [5.74, 6) is -2.21. The highest BCUT2D eigenvalue weighted by atomic mass is 79.9. The summed E-state index contributed by atoms with van der Waals surface area (Å²) in [6.45, 7) is 0. The molecule has 0 aliphatic carbocycles. The summed E-state index contributed by atoms with van der Waals surface area (Å²) >= 11 is 3.00. The standard InChI is InChI=1S/C13H9BrFNO4S/c14-8-3-6-11(4-9(8)15)16-10-1-2-21(19,20)5-7(10)12(6)13(17)18/h3-4H,1-2,5H2,(H,17,18). The van der Waals surface area contributed by atoms with Crippen molar-refractivity contribution in [3.8, 4) is 0 Å². The Hall–Kier alpha value is -1.54. The van der Waals surface area contributed by atoms with Gasteiger partial charge in [0.1, 0.15) is 5.82 Å². The van der Waals surface area contributed by atoms with Crippen LogP contribution in [0.5, 0.6) is 0 Å². The Bertz CT molecular complexity index is 895. The molecule has 0 spiro atoms. The SMILES string of the molecule is O=C(O)c1c2c(nc3cc(F)c(Br)cc13)CCS(=O)(=O)C2. The molecule has 5 nitrogen and oxygen atoms in total. The molecule has 0 radical (unpaired) electrons. The van der Waals surface area contributed by atoms with E-state index in [2.05, 4.69) is 20.9 Å². The minimum atomic E-state index is -3.33. The minimum Gasteiger partial charge on any atom is -0.478 e. The summed E-state index contributed by atoms with van der Waals surface area (Å²) in [5.41, 5.74) is 0.723. The van der Waals surface area contributed by atoms with E-state index in [1.807, 2.05) is 0 Å². The van der Waals surface area contributed by atoms with Gasteiger partial charge in [-0.15, -0.1) is 0 Å². The number of carboxylic acids is 1. The number of benzene rings is 1. The lowest BCUT2D eigenvalue weighted by Crippen LogP contribution is -2.23. The number of aryl methyl sites for hydroxylation is 1. The lowest BCUT2D eigenvalue weighted by molar-refractivity contribution is 0.0698. The minimum absolute atomic E-state index is 0.0728. The highest BCUT2D eigenvalue weighted by Gasteiger charge is 2.29. The summed E-state index contributed by atoms with van der Waals surface area (Å²) in [6.07, 6.45) is 0.144. The first-order chi connectivity index (χ1) is 9.78. The number of aromatic carboxylic acids is 1. The van der Waals surface area contributed by atoms with E-state index in [1.165, 1.54) is 6.07 Å². The monoisotopic (exact) mass is 373 g/mol. The average Bonchev–Trinajstić information content (AvgIpc) is 2.37. The van der Waals surface area contributed by atoms with Gasteiger partial charge in [-0.1, -0.05) is 0 Å². The average molecular weight is 374 g/mol. The third-order valence-corrected chi connectivity index (χ3v) is 5.60. The van der Waals surface area contributed by atoms with Crippen LogP contribution in [0.2, 0.25) is 0 Å². The Morgan fingerprint density at radius 1 is 1.38 bits per heavy atom. The number of fused-ring (bicyclic) bond motifs is 2. The number of pyridine rings is 1. The molecule has 0 atom stereocenters. The Labute approximate surface area is 127 Å². The lowest BCUT2D eigenvalue weighted by Gasteiger charge is -2.19. The van der Waals surface area contributed by atoms with E-state index in [0.29, 0.717) is 5.69 Å². The van der Waals surface area contributed by atoms with Gasteiger partial charge in [0.2, 0.25) is 0 Å². The first kappa shape index (κ1) is 14.4. The van der Waals surface area contributed by atoms with E-state index >= 15 is 0 Å². The number of sulfone groups is 1. The summed E-state index contributed by atoms with van der Waals surface area (Å²) < 4.78 is 37.2. The second-order valence-electron chi connectivity index (χ2n) is 4.84. The van der Waals surface area contributed by atoms with E-state index in [4.69, 9.17) is 0 Å². The topological polar surface area (TPSA) is 84.3 Å². The molecule has 110 valence electrons. The summed E-state index contributed by atoms with van der Waals surface area (Å²) in [7, 11) is -3.33. The lowest BCUT2D eigenvalue weighted by atomic mass is 10.00. The van der Waals surface area contributed by atoms with Crippen LogP contribution in [-0.4, -0.2) is 30.2 Å². The molecule has 0 unspecified atom stereocenters. The van der Waals surface area contributed by atoms with Crippen molar-refractivity contribution in [3.05, 3.63) is 39.2 Å². The van der Waals surface area contributed by atoms with Gasteiger partial charge in [0.05, 0.1) is 27.1 Å².